The fraction of sp³-hybridized carbons (Fsp3) is 0.0500. The molecule has 0 aliphatic heterocycles. The maximum absolute atomic E-state index is 13.4. The van der Waals surface area contributed by atoms with Gasteiger partial charge in [-0.15, -0.1) is 0 Å². The SMILES string of the molecule is O=c1[nH]c2nc(-c3cnn(Cc4cccc(F)c4)c3)[nH]c2c(=O)n1-c1cccnc1. The van der Waals surface area contributed by atoms with E-state index in [-0.39, 0.29) is 17.0 Å². The lowest BCUT2D eigenvalue weighted by Crippen LogP contribution is -2.33. The van der Waals surface area contributed by atoms with Crippen LogP contribution in [0, 0.1) is 5.82 Å². The summed E-state index contributed by atoms with van der Waals surface area (Å²) >= 11 is 0. The Labute approximate surface area is 167 Å². The van der Waals surface area contributed by atoms with E-state index in [4.69, 9.17) is 0 Å². The second-order valence-corrected chi connectivity index (χ2v) is 6.65. The van der Waals surface area contributed by atoms with Gasteiger partial charge in [-0.3, -0.25) is 19.4 Å². The van der Waals surface area contributed by atoms with Crippen LogP contribution in [0.2, 0.25) is 0 Å². The molecule has 5 aromatic rings. The summed E-state index contributed by atoms with van der Waals surface area (Å²) in [5, 5.41) is 4.26. The van der Waals surface area contributed by atoms with Gasteiger partial charge in [-0.25, -0.2) is 18.7 Å². The molecule has 0 unspecified atom stereocenters. The molecule has 5 rings (SSSR count). The monoisotopic (exact) mass is 403 g/mol. The summed E-state index contributed by atoms with van der Waals surface area (Å²) in [5.41, 5.74) is 0.899. The lowest BCUT2D eigenvalue weighted by atomic mass is 10.2. The standard InChI is InChI=1S/C20H14FN7O2/c21-14-4-1-3-12(7-14)10-27-11-13(8-23-27)17-24-16-18(25-17)26-20(30)28(19(16)29)15-5-2-6-22-9-15/h1-9,11H,10H2,(H,24,25)(H,26,30). The normalized spacial score (nSPS) is 11.2. The predicted molar refractivity (Wildman–Crippen MR) is 107 cm³/mol. The van der Waals surface area contributed by atoms with E-state index in [0.717, 1.165) is 10.1 Å². The van der Waals surface area contributed by atoms with Crippen molar-refractivity contribution in [3.05, 3.63) is 93.4 Å². The van der Waals surface area contributed by atoms with Gasteiger partial charge in [0, 0.05) is 12.4 Å². The average molecular weight is 403 g/mol. The minimum absolute atomic E-state index is 0.151. The van der Waals surface area contributed by atoms with Crippen LogP contribution in [0.1, 0.15) is 5.56 Å². The first-order chi connectivity index (χ1) is 14.6. The van der Waals surface area contributed by atoms with Crippen molar-refractivity contribution in [1.82, 2.24) is 34.3 Å². The molecule has 0 bridgehead atoms. The first-order valence-corrected chi connectivity index (χ1v) is 9.01. The van der Waals surface area contributed by atoms with Crippen LogP contribution in [0.4, 0.5) is 4.39 Å². The largest absolute Gasteiger partial charge is 0.334 e. The Bertz CT molecular complexity index is 1480. The molecule has 0 atom stereocenters. The van der Waals surface area contributed by atoms with Crippen molar-refractivity contribution in [2.75, 3.05) is 0 Å². The Morgan fingerprint density at radius 2 is 1.97 bits per heavy atom. The number of nitrogens with zero attached hydrogens (tertiary/aromatic N) is 5. The van der Waals surface area contributed by atoms with Crippen LogP contribution in [-0.4, -0.2) is 34.3 Å². The molecule has 0 spiro atoms. The van der Waals surface area contributed by atoms with Crippen LogP contribution in [0.3, 0.4) is 0 Å². The molecular weight excluding hydrogens is 389 g/mol. The van der Waals surface area contributed by atoms with Crippen molar-refractivity contribution in [3.63, 3.8) is 0 Å². The van der Waals surface area contributed by atoms with Gasteiger partial charge < -0.3 is 4.98 Å². The molecule has 0 aliphatic carbocycles. The van der Waals surface area contributed by atoms with Gasteiger partial charge in [0.1, 0.15) is 11.6 Å². The van der Waals surface area contributed by atoms with Crippen LogP contribution in [0.15, 0.2) is 70.8 Å². The zero-order chi connectivity index (χ0) is 20.7. The van der Waals surface area contributed by atoms with Crippen molar-refractivity contribution < 1.29 is 4.39 Å². The topological polar surface area (TPSA) is 114 Å². The van der Waals surface area contributed by atoms with Gasteiger partial charge >= 0.3 is 5.69 Å². The van der Waals surface area contributed by atoms with Crippen molar-refractivity contribution in [1.29, 1.82) is 0 Å². The minimum atomic E-state index is -0.611. The summed E-state index contributed by atoms with van der Waals surface area (Å²) in [7, 11) is 0. The van der Waals surface area contributed by atoms with Gasteiger partial charge in [0.2, 0.25) is 0 Å². The number of aromatic amines is 2. The molecule has 30 heavy (non-hydrogen) atoms. The molecule has 0 fully saturated rings. The molecule has 1 aromatic carbocycles. The molecule has 0 saturated carbocycles. The van der Waals surface area contributed by atoms with E-state index in [1.807, 2.05) is 0 Å². The smallest absolute Gasteiger partial charge is 0.332 e. The quantitative estimate of drug-likeness (QED) is 0.475. The first kappa shape index (κ1) is 17.7. The van der Waals surface area contributed by atoms with E-state index in [1.165, 1.54) is 18.3 Å². The Morgan fingerprint density at radius 3 is 2.77 bits per heavy atom. The highest BCUT2D eigenvalue weighted by atomic mass is 19.1. The number of hydrogen-bond donors (Lipinski definition) is 2. The highest BCUT2D eigenvalue weighted by Gasteiger charge is 2.15. The number of aromatic nitrogens is 7. The summed E-state index contributed by atoms with van der Waals surface area (Å²) in [4.78, 5) is 39.1. The number of halogens is 1. The van der Waals surface area contributed by atoms with Crippen LogP contribution < -0.4 is 11.2 Å². The molecule has 4 heterocycles. The zero-order valence-electron chi connectivity index (χ0n) is 15.4. The van der Waals surface area contributed by atoms with Crippen LogP contribution in [0.5, 0.6) is 0 Å². The maximum atomic E-state index is 13.4. The van der Waals surface area contributed by atoms with Gasteiger partial charge in [-0.2, -0.15) is 5.10 Å². The number of nitrogens with one attached hydrogen (secondary N) is 2. The number of imidazole rings is 1. The summed E-state index contributed by atoms with van der Waals surface area (Å²) in [5.74, 6) is 0.0678. The third kappa shape index (κ3) is 3.09. The number of rotatable bonds is 4. The van der Waals surface area contributed by atoms with Crippen LogP contribution in [0.25, 0.3) is 28.2 Å². The van der Waals surface area contributed by atoms with Crippen molar-refractivity contribution >= 4 is 11.2 Å². The molecule has 148 valence electrons. The fourth-order valence-electron chi connectivity index (χ4n) is 3.23. The van der Waals surface area contributed by atoms with Gasteiger partial charge in [-0.1, -0.05) is 12.1 Å². The van der Waals surface area contributed by atoms with E-state index >= 15 is 0 Å². The summed E-state index contributed by atoms with van der Waals surface area (Å²) < 4.78 is 16.0. The lowest BCUT2D eigenvalue weighted by Gasteiger charge is -2.02. The first-order valence-electron chi connectivity index (χ1n) is 9.01. The number of benzene rings is 1. The molecule has 2 N–H and O–H groups in total. The van der Waals surface area contributed by atoms with E-state index in [1.54, 1.807) is 47.5 Å². The molecule has 9 nitrogen and oxygen atoms in total. The van der Waals surface area contributed by atoms with Crippen molar-refractivity contribution in [2.45, 2.75) is 6.54 Å². The minimum Gasteiger partial charge on any atom is -0.332 e. The molecule has 0 radical (unpaired) electrons. The Kier molecular flexibility index (Phi) is 4.09. The number of hydrogen-bond acceptors (Lipinski definition) is 5. The Balaban J connectivity index is 1.53. The van der Waals surface area contributed by atoms with Gasteiger partial charge in [0.15, 0.2) is 11.2 Å². The molecular formula is C20H14FN7O2. The van der Waals surface area contributed by atoms with E-state index in [0.29, 0.717) is 23.6 Å². The van der Waals surface area contributed by atoms with Crippen LogP contribution in [-0.2, 0) is 6.54 Å². The lowest BCUT2D eigenvalue weighted by molar-refractivity contribution is 0.619. The molecule has 4 aromatic heterocycles. The summed E-state index contributed by atoms with van der Waals surface area (Å²) in [6, 6.07) is 9.51. The fourth-order valence-corrected chi connectivity index (χ4v) is 3.23. The van der Waals surface area contributed by atoms with Crippen LogP contribution >= 0.6 is 0 Å². The van der Waals surface area contributed by atoms with Crippen molar-refractivity contribution in [2.24, 2.45) is 0 Å². The maximum Gasteiger partial charge on any atom is 0.334 e. The molecule has 0 saturated heterocycles. The Morgan fingerprint density at radius 1 is 1.07 bits per heavy atom. The Hall–Kier alpha value is -4.34. The highest BCUT2D eigenvalue weighted by molar-refractivity contribution is 5.74. The summed E-state index contributed by atoms with van der Waals surface area (Å²) in [6.07, 6.45) is 6.28. The second kappa shape index (κ2) is 6.92. The second-order valence-electron chi connectivity index (χ2n) is 6.65. The van der Waals surface area contributed by atoms with E-state index < -0.39 is 11.2 Å². The average Bonchev–Trinajstić information content (AvgIpc) is 3.36. The van der Waals surface area contributed by atoms with Gasteiger partial charge in [0.05, 0.1) is 30.2 Å². The van der Waals surface area contributed by atoms with E-state index in [9.17, 15) is 14.0 Å². The molecule has 0 amide bonds. The number of H-pyrrole nitrogens is 2. The van der Waals surface area contributed by atoms with Gasteiger partial charge in [0.25, 0.3) is 5.56 Å². The van der Waals surface area contributed by atoms with E-state index in [2.05, 4.69) is 25.0 Å². The summed E-state index contributed by atoms with van der Waals surface area (Å²) in [6.45, 7) is 0.378. The zero-order valence-corrected chi connectivity index (χ0v) is 15.4. The third-order valence-electron chi connectivity index (χ3n) is 4.59. The van der Waals surface area contributed by atoms with Gasteiger partial charge in [-0.05, 0) is 29.8 Å². The molecule has 0 aliphatic rings. The third-order valence-corrected chi connectivity index (χ3v) is 4.59. The van der Waals surface area contributed by atoms with Crippen molar-refractivity contribution in [3.8, 4) is 17.1 Å². The molecule has 10 heteroatoms. The number of pyridine rings is 1. The number of fused-ring (bicyclic) bond motifs is 1. The highest BCUT2D eigenvalue weighted by Crippen LogP contribution is 2.17. The predicted octanol–water partition coefficient (Wildman–Crippen LogP) is 1.85.